The van der Waals surface area contributed by atoms with Crippen molar-refractivity contribution in [2.75, 3.05) is 39.4 Å². The molecule has 1 fully saturated rings. The Bertz CT molecular complexity index is 887. The molecule has 3 rings (SSSR count). The van der Waals surface area contributed by atoms with Gasteiger partial charge in [-0.05, 0) is 49.6 Å². The van der Waals surface area contributed by atoms with E-state index in [1.54, 1.807) is 9.80 Å². The lowest BCUT2D eigenvalue weighted by Gasteiger charge is -2.34. The zero-order valence-corrected chi connectivity index (χ0v) is 18.7. The molecule has 0 aliphatic carbocycles. The quantitative estimate of drug-likeness (QED) is 0.652. The van der Waals surface area contributed by atoms with Crippen molar-refractivity contribution in [3.8, 4) is 11.5 Å². The van der Waals surface area contributed by atoms with Gasteiger partial charge in [0.2, 0.25) is 0 Å². The predicted octanol–water partition coefficient (Wildman–Crippen LogP) is 3.38. The summed E-state index contributed by atoms with van der Waals surface area (Å²) < 4.78 is 11.3. The van der Waals surface area contributed by atoms with Crippen LogP contribution in [-0.4, -0.2) is 61.0 Å². The minimum absolute atomic E-state index is 0.00891. The second-order valence-electron chi connectivity index (χ2n) is 8.00. The Morgan fingerprint density at radius 2 is 1.42 bits per heavy atom. The highest BCUT2D eigenvalue weighted by Crippen LogP contribution is 2.19. The molecule has 1 aliphatic rings. The van der Waals surface area contributed by atoms with Crippen molar-refractivity contribution in [2.24, 2.45) is 0 Å². The molecule has 2 aromatic carbocycles. The van der Waals surface area contributed by atoms with E-state index in [0.29, 0.717) is 31.9 Å². The number of carbonyl (C=O) groups excluding carboxylic acids is 2. The predicted molar refractivity (Wildman–Crippen MR) is 121 cm³/mol. The fourth-order valence-corrected chi connectivity index (χ4v) is 3.67. The van der Waals surface area contributed by atoms with Gasteiger partial charge in [0.05, 0.1) is 0 Å². The molecule has 1 heterocycles. The van der Waals surface area contributed by atoms with Crippen molar-refractivity contribution in [2.45, 2.75) is 33.6 Å². The van der Waals surface area contributed by atoms with Crippen LogP contribution in [0.3, 0.4) is 0 Å². The maximum absolute atomic E-state index is 12.5. The van der Waals surface area contributed by atoms with Crippen molar-refractivity contribution >= 4 is 11.8 Å². The zero-order chi connectivity index (χ0) is 22.2. The summed E-state index contributed by atoms with van der Waals surface area (Å²) in [5.41, 5.74) is 3.45. The molecule has 0 atom stereocenters. The largest absolute Gasteiger partial charge is 0.484 e. The number of nitrogens with zero attached hydrogens (tertiary/aromatic N) is 2. The molecule has 31 heavy (non-hydrogen) atoms. The highest BCUT2D eigenvalue weighted by Gasteiger charge is 2.24. The van der Waals surface area contributed by atoms with Crippen molar-refractivity contribution in [3.63, 3.8) is 0 Å². The molecule has 6 nitrogen and oxygen atoms in total. The van der Waals surface area contributed by atoms with E-state index in [4.69, 9.17) is 9.47 Å². The maximum Gasteiger partial charge on any atom is 0.260 e. The van der Waals surface area contributed by atoms with Gasteiger partial charge in [0.15, 0.2) is 13.2 Å². The van der Waals surface area contributed by atoms with Gasteiger partial charge in [-0.1, -0.05) is 43.2 Å². The Hall–Kier alpha value is -3.02. The number of ether oxygens (including phenoxy) is 2. The third-order valence-electron chi connectivity index (χ3n) is 5.49. The number of benzene rings is 2. The average Bonchev–Trinajstić information content (AvgIpc) is 2.78. The van der Waals surface area contributed by atoms with E-state index in [1.165, 1.54) is 5.56 Å². The number of amides is 2. The van der Waals surface area contributed by atoms with E-state index in [1.807, 2.05) is 56.3 Å². The normalized spacial score (nSPS) is 13.8. The van der Waals surface area contributed by atoms with E-state index >= 15 is 0 Å². The molecule has 2 amide bonds. The molecule has 0 spiro atoms. The maximum atomic E-state index is 12.5. The summed E-state index contributed by atoms with van der Waals surface area (Å²) in [6.45, 7) is 8.19. The minimum atomic E-state index is -0.0597. The summed E-state index contributed by atoms with van der Waals surface area (Å²) in [6, 6.07) is 13.8. The van der Waals surface area contributed by atoms with Crippen LogP contribution in [-0.2, 0) is 16.0 Å². The highest BCUT2D eigenvalue weighted by molar-refractivity contribution is 5.80. The summed E-state index contributed by atoms with van der Waals surface area (Å²) in [5.74, 6) is 1.31. The molecular formula is C25H32N2O4. The van der Waals surface area contributed by atoms with Gasteiger partial charge in [-0.15, -0.1) is 0 Å². The zero-order valence-electron chi connectivity index (χ0n) is 18.7. The van der Waals surface area contributed by atoms with Gasteiger partial charge in [0.25, 0.3) is 11.8 Å². The SMILES string of the molecule is CCCc1ccc(OCC(=O)N2CCN(C(=O)COc3ccc(C)cc3C)CC2)cc1. The molecule has 0 N–H and O–H groups in total. The first-order valence-electron chi connectivity index (χ1n) is 10.9. The number of piperazine rings is 1. The minimum Gasteiger partial charge on any atom is -0.484 e. The molecule has 0 saturated carbocycles. The summed E-state index contributed by atoms with van der Waals surface area (Å²) >= 11 is 0. The lowest BCUT2D eigenvalue weighted by Crippen LogP contribution is -2.52. The third kappa shape index (κ3) is 6.48. The number of hydrogen-bond donors (Lipinski definition) is 0. The number of aryl methyl sites for hydroxylation is 3. The number of hydrogen-bond acceptors (Lipinski definition) is 4. The van der Waals surface area contributed by atoms with Gasteiger partial charge in [-0.25, -0.2) is 0 Å². The van der Waals surface area contributed by atoms with E-state index in [0.717, 1.165) is 29.7 Å². The highest BCUT2D eigenvalue weighted by atomic mass is 16.5. The van der Waals surface area contributed by atoms with E-state index in [9.17, 15) is 9.59 Å². The van der Waals surface area contributed by atoms with Crippen LogP contribution in [0.5, 0.6) is 11.5 Å². The van der Waals surface area contributed by atoms with Gasteiger partial charge in [-0.2, -0.15) is 0 Å². The lowest BCUT2D eigenvalue weighted by atomic mass is 10.1. The van der Waals surface area contributed by atoms with Crippen LogP contribution in [0, 0.1) is 13.8 Å². The van der Waals surface area contributed by atoms with Crippen LogP contribution < -0.4 is 9.47 Å². The molecule has 1 aliphatic heterocycles. The van der Waals surface area contributed by atoms with Gasteiger partial charge >= 0.3 is 0 Å². The second kappa shape index (κ2) is 10.8. The van der Waals surface area contributed by atoms with E-state index < -0.39 is 0 Å². The molecule has 0 aromatic heterocycles. The summed E-state index contributed by atoms with van der Waals surface area (Å²) in [7, 11) is 0. The molecule has 166 valence electrons. The number of rotatable bonds is 8. The molecule has 0 unspecified atom stereocenters. The van der Waals surface area contributed by atoms with Crippen LogP contribution in [0.1, 0.15) is 30.0 Å². The summed E-state index contributed by atoms with van der Waals surface area (Å²) in [4.78, 5) is 28.5. The monoisotopic (exact) mass is 424 g/mol. The van der Waals surface area contributed by atoms with E-state index in [2.05, 4.69) is 6.92 Å². The van der Waals surface area contributed by atoms with Gasteiger partial charge in [0.1, 0.15) is 11.5 Å². The van der Waals surface area contributed by atoms with E-state index in [-0.39, 0.29) is 25.0 Å². The Morgan fingerprint density at radius 1 is 0.839 bits per heavy atom. The fraction of sp³-hybridized carbons (Fsp3) is 0.440. The Labute approximate surface area is 184 Å². The first-order chi connectivity index (χ1) is 15.0. The molecule has 0 radical (unpaired) electrons. The van der Waals surface area contributed by atoms with Crippen molar-refractivity contribution in [1.82, 2.24) is 9.80 Å². The summed E-state index contributed by atoms with van der Waals surface area (Å²) in [6.07, 6.45) is 2.14. The molecule has 2 aromatic rings. The Kier molecular flexibility index (Phi) is 7.93. The summed E-state index contributed by atoms with van der Waals surface area (Å²) in [5, 5.41) is 0. The number of carbonyl (C=O) groups is 2. The molecule has 6 heteroatoms. The molecule has 0 bridgehead atoms. The molecule has 1 saturated heterocycles. The average molecular weight is 425 g/mol. The van der Waals surface area contributed by atoms with Crippen LogP contribution in [0.4, 0.5) is 0 Å². The van der Waals surface area contributed by atoms with Gasteiger partial charge in [-0.3, -0.25) is 9.59 Å². The van der Waals surface area contributed by atoms with Crippen LogP contribution in [0.15, 0.2) is 42.5 Å². The first kappa shape index (κ1) is 22.7. The van der Waals surface area contributed by atoms with Crippen LogP contribution in [0.2, 0.25) is 0 Å². The van der Waals surface area contributed by atoms with Crippen LogP contribution in [0.25, 0.3) is 0 Å². The standard InChI is InChI=1S/C25H32N2O4/c1-4-5-21-7-9-22(10-8-21)30-17-24(28)26-12-14-27(15-13-26)25(29)18-31-23-11-6-19(2)16-20(23)3/h6-11,16H,4-5,12-15,17-18H2,1-3H3. The van der Waals surface area contributed by atoms with Crippen molar-refractivity contribution in [1.29, 1.82) is 0 Å². The second-order valence-corrected chi connectivity index (χ2v) is 8.00. The van der Waals surface area contributed by atoms with Gasteiger partial charge in [0, 0.05) is 26.2 Å². The topological polar surface area (TPSA) is 59.1 Å². The lowest BCUT2D eigenvalue weighted by molar-refractivity contribution is -0.141. The molecular weight excluding hydrogens is 392 g/mol. The van der Waals surface area contributed by atoms with Crippen LogP contribution >= 0.6 is 0 Å². The Balaban J connectivity index is 1.40. The van der Waals surface area contributed by atoms with Gasteiger partial charge < -0.3 is 19.3 Å². The Morgan fingerprint density at radius 3 is 1.97 bits per heavy atom. The van der Waals surface area contributed by atoms with Crippen molar-refractivity contribution < 1.29 is 19.1 Å². The van der Waals surface area contributed by atoms with Crippen molar-refractivity contribution in [3.05, 3.63) is 59.2 Å². The third-order valence-corrected chi connectivity index (χ3v) is 5.49. The first-order valence-corrected chi connectivity index (χ1v) is 10.9. The smallest absolute Gasteiger partial charge is 0.260 e. The fourth-order valence-electron chi connectivity index (χ4n) is 3.67.